The summed E-state index contributed by atoms with van der Waals surface area (Å²) in [6, 6.07) is 0. The Kier molecular flexibility index (Phi) is 10.4. The average Bonchev–Trinajstić information content (AvgIpc) is 2.82. The normalized spacial score (nSPS) is 28.5. The van der Waals surface area contributed by atoms with E-state index in [1.54, 1.807) is 6.08 Å². The molecule has 1 rings (SSSR count). The van der Waals surface area contributed by atoms with Crippen LogP contribution in [0.1, 0.15) is 51.9 Å². The van der Waals surface area contributed by atoms with E-state index in [4.69, 9.17) is 5.11 Å². The molecule has 0 spiro atoms. The Hall–Kier alpha value is -1.43. The number of carboxylic acids is 1. The highest BCUT2D eigenvalue weighted by Crippen LogP contribution is 2.36. The number of aliphatic carboxylic acids is 1. The highest BCUT2D eigenvalue weighted by molar-refractivity contribution is 5.66. The van der Waals surface area contributed by atoms with Crippen LogP contribution in [0.5, 0.6) is 0 Å². The van der Waals surface area contributed by atoms with Gasteiger partial charge in [-0.15, -0.1) is 0 Å². The molecule has 5 atom stereocenters. The molecular weight excluding hydrogens is 320 g/mol. The molecule has 5 heteroatoms. The minimum Gasteiger partial charge on any atom is -0.481 e. The molecule has 0 heterocycles. The van der Waals surface area contributed by atoms with Gasteiger partial charge in [-0.05, 0) is 38.0 Å². The van der Waals surface area contributed by atoms with Gasteiger partial charge >= 0.3 is 5.97 Å². The summed E-state index contributed by atoms with van der Waals surface area (Å²) in [7, 11) is 0. The lowest BCUT2D eigenvalue weighted by atomic mass is 9.89. The van der Waals surface area contributed by atoms with Crippen LogP contribution >= 0.6 is 0 Å². The number of aliphatic hydroxyl groups excluding tert-OH is 3. The van der Waals surface area contributed by atoms with Gasteiger partial charge in [0.25, 0.3) is 0 Å². The maximum atomic E-state index is 10.5. The van der Waals surface area contributed by atoms with Crippen molar-refractivity contribution >= 4 is 5.97 Å². The van der Waals surface area contributed by atoms with Crippen LogP contribution < -0.4 is 0 Å². The minimum atomic E-state index is -0.791. The van der Waals surface area contributed by atoms with E-state index in [-0.39, 0.29) is 18.3 Å². The van der Waals surface area contributed by atoms with Gasteiger partial charge in [0, 0.05) is 18.8 Å². The number of unbranched alkanes of at least 4 members (excludes halogenated alkanes) is 1. The van der Waals surface area contributed by atoms with E-state index in [9.17, 15) is 20.1 Å². The first kappa shape index (κ1) is 21.6. The molecule has 0 bridgehead atoms. The zero-order valence-corrected chi connectivity index (χ0v) is 15.0. The number of carboxylic acid groups (broad SMARTS) is 1. The van der Waals surface area contributed by atoms with Crippen LogP contribution in [0, 0.1) is 11.8 Å². The molecule has 0 aromatic heterocycles. The van der Waals surface area contributed by atoms with Crippen molar-refractivity contribution in [2.24, 2.45) is 11.8 Å². The molecule has 0 saturated heterocycles. The van der Waals surface area contributed by atoms with E-state index in [2.05, 4.69) is 0 Å². The summed E-state index contributed by atoms with van der Waals surface area (Å²) in [6.45, 7) is 2.04. The van der Waals surface area contributed by atoms with Crippen molar-refractivity contribution in [2.45, 2.75) is 70.2 Å². The van der Waals surface area contributed by atoms with Crippen molar-refractivity contribution in [3.8, 4) is 0 Å². The molecule has 1 fully saturated rings. The highest BCUT2D eigenvalue weighted by atomic mass is 16.4. The number of hydrogen-bond acceptors (Lipinski definition) is 4. The average molecular weight is 352 g/mol. The Labute approximate surface area is 150 Å². The second-order valence-corrected chi connectivity index (χ2v) is 6.67. The summed E-state index contributed by atoms with van der Waals surface area (Å²) in [5.74, 6) is -1.05. The monoisotopic (exact) mass is 352 g/mol. The molecule has 142 valence electrons. The molecule has 1 aliphatic rings. The maximum absolute atomic E-state index is 10.5. The van der Waals surface area contributed by atoms with Gasteiger partial charge in [0.05, 0.1) is 18.3 Å². The Morgan fingerprint density at radius 2 is 1.92 bits per heavy atom. The highest BCUT2D eigenvalue weighted by Gasteiger charge is 2.39. The Bertz CT molecular complexity index is 469. The zero-order chi connectivity index (χ0) is 18.7. The second kappa shape index (κ2) is 12.0. The number of hydrogen-bond donors (Lipinski definition) is 4. The van der Waals surface area contributed by atoms with Gasteiger partial charge in [-0.25, -0.2) is 0 Å². The fourth-order valence-corrected chi connectivity index (χ4v) is 3.19. The van der Waals surface area contributed by atoms with Gasteiger partial charge in [0.2, 0.25) is 0 Å². The summed E-state index contributed by atoms with van der Waals surface area (Å²) in [5.41, 5.74) is 0. The van der Waals surface area contributed by atoms with Crippen LogP contribution in [0.25, 0.3) is 0 Å². The molecule has 0 unspecified atom stereocenters. The Morgan fingerprint density at radius 1 is 1.16 bits per heavy atom. The number of allylic oxidation sites excluding steroid dienone is 3. The molecule has 4 N–H and O–H groups in total. The van der Waals surface area contributed by atoms with Crippen LogP contribution in [0.2, 0.25) is 0 Å². The summed E-state index contributed by atoms with van der Waals surface area (Å²) < 4.78 is 0. The van der Waals surface area contributed by atoms with Crippen molar-refractivity contribution in [1.29, 1.82) is 0 Å². The smallest absolute Gasteiger partial charge is 0.303 e. The molecule has 0 aliphatic heterocycles. The lowest BCUT2D eigenvalue weighted by Crippen LogP contribution is -2.20. The summed E-state index contributed by atoms with van der Waals surface area (Å²) in [6.07, 6.45) is 13.5. The molecule has 0 radical (unpaired) electrons. The Morgan fingerprint density at radius 3 is 2.60 bits per heavy atom. The van der Waals surface area contributed by atoms with Crippen molar-refractivity contribution in [1.82, 2.24) is 0 Å². The van der Waals surface area contributed by atoms with Gasteiger partial charge in [-0.3, -0.25) is 4.79 Å². The molecule has 1 aliphatic carbocycles. The quantitative estimate of drug-likeness (QED) is 0.339. The molecule has 0 aromatic carbocycles. The van der Waals surface area contributed by atoms with E-state index in [1.807, 2.05) is 37.3 Å². The van der Waals surface area contributed by atoms with Gasteiger partial charge in [0.1, 0.15) is 0 Å². The third-order valence-electron chi connectivity index (χ3n) is 4.59. The van der Waals surface area contributed by atoms with Crippen molar-refractivity contribution in [3.63, 3.8) is 0 Å². The van der Waals surface area contributed by atoms with Gasteiger partial charge in [-0.2, -0.15) is 0 Å². The minimum absolute atomic E-state index is 0.0830. The first-order valence-corrected chi connectivity index (χ1v) is 9.20. The first-order valence-electron chi connectivity index (χ1n) is 9.20. The van der Waals surface area contributed by atoms with E-state index < -0.39 is 24.3 Å². The van der Waals surface area contributed by atoms with E-state index in [1.165, 1.54) is 0 Å². The van der Waals surface area contributed by atoms with E-state index in [0.717, 1.165) is 6.42 Å². The van der Waals surface area contributed by atoms with Gasteiger partial charge < -0.3 is 20.4 Å². The molecule has 25 heavy (non-hydrogen) atoms. The van der Waals surface area contributed by atoms with E-state index >= 15 is 0 Å². The second-order valence-electron chi connectivity index (χ2n) is 6.67. The predicted octanol–water partition coefficient (Wildman–Crippen LogP) is 2.82. The predicted molar refractivity (Wildman–Crippen MR) is 98.0 cm³/mol. The lowest BCUT2D eigenvalue weighted by Gasteiger charge is -2.19. The van der Waals surface area contributed by atoms with Crippen molar-refractivity contribution < 1.29 is 25.2 Å². The summed E-state index contributed by atoms with van der Waals surface area (Å²) in [4.78, 5) is 10.5. The number of carbonyl (C=O) groups is 1. The van der Waals surface area contributed by atoms with Gasteiger partial charge in [-0.1, -0.05) is 43.4 Å². The third kappa shape index (κ3) is 8.47. The summed E-state index contributed by atoms with van der Waals surface area (Å²) >= 11 is 0. The molecule has 0 amide bonds. The maximum Gasteiger partial charge on any atom is 0.303 e. The largest absolute Gasteiger partial charge is 0.481 e. The standard InChI is InChI=1S/C20H32O5/c1-2-3-6-9-15(21)12-13-17-16(18(22)14-19(17)23)10-7-4-5-8-11-20(24)25/h3-4,6-7,12-13,15-19,21-23H,2,5,8-11,14H2,1H3,(H,24,25)/b6-3+,7-4-,13-12+/t15-,16-,17-,18+,19-/m1/s1. The molecule has 1 saturated carbocycles. The van der Waals surface area contributed by atoms with Crippen LogP contribution in [0.4, 0.5) is 0 Å². The Balaban J connectivity index is 2.50. The van der Waals surface area contributed by atoms with Crippen LogP contribution in [-0.4, -0.2) is 44.7 Å². The zero-order valence-electron chi connectivity index (χ0n) is 15.0. The van der Waals surface area contributed by atoms with Crippen LogP contribution in [0.15, 0.2) is 36.5 Å². The van der Waals surface area contributed by atoms with Crippen LogP contribution in [0.3, 0.4) is 0 Å². The van der Waals surface area contributed by atoms with Crippen molar-refractivity contribution in [2.75, 3.05) is 0 Å². The van der Waals surface area contributed by atoms with E-state index in [0.29, 0.717) is 32.1 Å². The topological polar surface area (TPSA) is 98.0 Å². The summed E-state index contributed by atoms with van der Waals surface area (Å²) in [5, 5.41) is 38.9. The SMILES string of the molecule is CC/C=C/C[C@@H](O)/C=C/[C@@H]1[C@@H](C/C=C\CCCC(=O)O)[C@@H](O)C[C@H]1O. The number of rotatable bonds is 11. The molecule has 5 nitrogen and oxygen atoms in total. The number of aliphatic hydroxyl groups is 3. The van der Waals surface area contributed by atoms with Crippen molar-refractivity contribution in [3.05, 3.63) is 36.5 Å². The fourth-order valence-electron chi connectivity index (χ4n) is 3.19. The van der Waals surface area contributed by atoms with Crippen LogP contribution in [-0.2, 0) is 4.79 Å². The molecule has 0 aromatic rings. The first-order chi connectivity index (χ1) is 12.0. The van der Waals surface area contributed by atoms with Gasteiger partial charge in [0.15, 0.2) is 0 Å². The lowest BCUT2D eigenvalue weighted by molar-refractivity contribution is -0.137. The third-order valence-corrected chi connectivity index (χ3v) is 4.59. The molecular formula is C20H32O5. The fraction of sp³-hybridized carbons (Fsp3) is 0.650.